The topological polar surface area (TPSA) is 55.4 Å². The van der Waals surface area contributed by atoms with Gasteiger partial charge in [0, 0.05) is 4.88 Å². The van der Waals surface area contributed by atoms with E-state index in [0.717, 1.165) is 24.8 Å². The Bertz CT molecular complexity index is 674. The molecule has 0 aromatic carbocycles. The number of ether oxygens (including phenoxy) is 1. The maximum Gasteiger partial charge on any atom is 0.350 e. The first-order valence-electron chi connectivity index (χ1n) is 6.73. The van der Waals surface area contributed by atoms with Crippen molar-refractivity contribution in [3.8, 4) is 0 Å². The Morgan fingerprint density at radius 3 is 2.90 bits per heavy atom. The van der Waals surface area contributed by atoms with Crippen molar-refractivity contribution < 1.29 is 14.3 Å². The summed E-state index contributed by atoms with van der Waals surface area (Å²) in [5.41, 5.74) is 1.68. The first-order chi connectivity index (χ1) is 10.2. The fourth-order valence-corrected chi connectivity index (χ4v) is 4.39. The number of carbonyl (C=O) groups excluding carboxylic acids is 2. The van der Waals surface area contributed by atoms with Crippen LogP contribution in [0.25, 0.3) is 0 Å². The summed E-state index contributed by atoms with van der Waals surface area (Å²) in [7, 11) is 1.34. The maximum atomic E-state index is 12.5. The third-order valence-corrected chi connectivity index (χ3v) is 5.55. The number of amides is 1. The summed E-state index contributed by atoms with van der Waals surface area (Å²) in [6.07, 6.45) is 2.94. The van der Waals surface area contributed by atoms with Gasteiger partial charge in [-0.2, -0.15) is 0 Å². The SMILES string of the molecule is COC(=O)c1sccc1NC(=O)C1CCCc2sccc21. The van der Waals surface area contributed by atoms with Crippen molar-refractivity contribution in [1.29, 1.82) is 0 Å². The number of hydrogen-bond acceptors (Lipinski definition) is 5. The zero-order chi connectivity index (χ0) is 14.8. The third-order valence-electron chi connectivity index (χ3n) is 3.66. The van der Waals surface area contributed by atoms with Gasteiger partial charge in [-0.1, -0.05) is 0 Å². The van der Waals surface area contributed by atoms with Crippen LogP contribution in [0.1, 0.15) is 38.9 Å². The highest BCUT2D eigenvalue weighted by molar-refractivity contribution is 7.12. The fraction of sp³-hybridized carbons (Fsp3) is 0.333. The number of thiophene rings is 2. The number of fused-ring (bicyclic) bond motifs is 1. The fourth-order valence-electron chi connectivity index (χ4n) is 2.64. The van der Waals surface area contributed by atoms with Crippen molar-refractivity contribution in [2.45, 2.75) is 25.2 Å². The minimum atomic E-state index is -0.417. The molecule has 21 heavy (non-hydrogen) atoms. The smallest absolute Gasteiger partial charge is 0.350 e. The van der Waals surface area contributed by atoms with Gasteiger partial charge >= 0.3 is 5.97 Å². The standard InChI is InChI=1S/C15H15NO3S2/c1-19-15(18)13-11(6-8-21-13)16-14(17)10-3-2-4-12-9(10)5-7-20-12/h5-8,10H,2-4H2,1H3,(H,16,17). The Hall–Kier alpha value is -1.66. The number of esters is 1. The Kier molecular flexibility index (Phi) is 4.07. The molecule has 0 aliphatic heterocycles. The van der Waals surface area contributed by atoms with Gasteiger partial charge in [0.25, 0.3) is 0 Å². The van der Waals surface area contributed by atoms with Gasteiger partial charge in [-0.05, 0) is 47.7 Å². The summed E-state index contributed by atoms with van der Waals surface area (Å²) in [6.45, 7) is 0. The number of anilines is 1. The Morgan fingerprint density at radius 1 is 1.29 bits per heavy atom. The molecule has 2 aromatic heterocycles. The highest BCUT2D eigenvalue weighted by atomic mass is 32.1. The van der Waals surface area contributed by atoms with Gasteiger partial charge in [0.15, 0.2) is 0 Å². The summed E-state index contributed by atoms with van der Waals surface area (Å²) >= 11 is 2.99. The quantitative estimate of drug-likeness (QED) is 0.878. The van der Waals surface area contributed by atoms with E-state index in [1.807, 2.05) is 11.4 Å². The molecule has 1 aliphatic carbocycles. The van der Waals surface area contributed by atoms with Crippen LogP contribution in [0.3, 0.4) is 0 Å². The van der Waals surface area contributed by atoms with Crippen molar-refractivity contribution in [3.63, 3.8) is 0 Å². The van der Waals surface area contributed by atoms with Crippen LogP contribution < -0.4 is 5.32 Å². The molecule has 0 bridgehead atoms. The van der Waals surface area contributed by atoms with Crippen molar-refractivity contribution in [1.82, 2.24) is 0 Å². The monoisotopic (exact) mass is 321 g/mol. The molecule has 0 fully saturated rings. The van der Waals surface area contributed by atoms with Crippen LogP contribution in [0, 0.1) is 0 Å². The van der Waals surface area contributed by atoms with Gasteiger partial charge in [-0.15, -0.1) is 22.7 Å². The number of aryl methyl sites for hydroxylation is 1. The van der Waals surface area contributed by atoms with E-state index in [0.29, 0.717) is 10.6 Å². The second kappa shape index (κ2) is 5.99. The number of hydrogen-bond donors (Lipinski definition) is 1. The summed E-state index contributed by atoms with van der Waals surface area (Å²) in [5.74, 6) is -0.580. The number of carbonyl (C=O) groups is 2. The first-order valence-corrected chi connectivity index (χ1v) is 8.49. The van der Waals surface area contributed by atoms with E-state index in [-0.39, 0.29) is 11.8 Å². The van der Waals surface area contributed by atoms with Crippen LogP contribution in [-0.2, 0) is 16.0 Å². The van der Waals surface area contributed by atoms with Crippen LogP contribution in [0.2, 0.25) is 0 Å². The molecule has 6 heteroatoms. The predicted molar refractivity (Wildman–Crippen MR) is 84.3 cm³/mol. The van der Waals surface area contributed by atoms with Crippen LogP contribution in [0.5, 0.6) is 0 Å². The lowest BCUT2D eigenvalue weighted by atomic mass is 9.87. The molecule has 0 saturated heterocycles. The largest absolute Gasteiger partial charge is 0.465 e. The van der Waals surface area contributed by atoms with E-state index in [1.165, 1.54) is 23.3 Å². The van der Waals surface area contributed by atoms with Gasteiger partial charge in [0.1, 0.15) is 4.88 Å². The lowest BCUT2D eigenvalue weighted by molar-refractivity contribution is -0.117. The molecule has 1 unspecified atom stereocenters. The summed E-state index contributed by atoms with van der Waals surface area (Å²) in [4.78, 5) is 25.9. The van der Waals surface area contributed by atoms with Crippen molar-refractivity contribution in [2.75, 3.05) is 12.4 Å². The van der Waals surface area contributed by atoms with Crippen LogP contribution >= 0.6 is 22.7 Å². The second-order valence-corrected chi connectivity index (χ2v) is 6.80. The zero-order valence-corrected chi connectivity index (χ0v) is 13.2. The molecular weight excluding hydrogens is 306 g/mol. The first kappa shape index (κ1) is 14.3. The molecular formula is C15H15NO3S2. The van der Waals surface area contributed by atoms with Gasteiger partial charge in [-0.3, -0.25) is 4.79 Å². The second-order valence-electron chi connectivity index (χ2n) is 4.89. The van der Waals surface area contributed by atoms with E-state index in [1.54, 1.807) is 22.8 Å². The average Bonchev–Trinajstić information content (AvgIpc) is 3.14. The van der Waals surface area contributed by atoms with Crippen LogP contribution in [0.4, 0.5) is 5.69 Å². The number of rotatable bonds is 3. The Morgan fingerprint density at radius 2 is 2.10 bits per heavy atom. The molecule has 2 heterocycles. The minimum Gasteiger partial charge on any atom is -0.465 e. The molecule has 1 amide bonds. The minimum absolute atomic E-state index is 0.0436. The molecule has 2 aromatic rings. The van der Waals surface area contributed by atoms with Crippen LogP contribution in [0.15, 0.2) is 22.9 Å². The highest BCUT2D eigenvalue weighted by Gasteiger charge is 2.28. The van der Waals surface area contributed by atoms with Gasteiger partial charge in [-0.25, -0.2) is 4.79 Å². The van der Waals surface area contributed by atoms with E-state index in [2.05, 4.69) is 5.32 Å². The van der Waals surface area contributed by atoms with Gasteiger partial charge in [0.05, 0.1) is 18.7 Å². The van der Waals surface area contributed by atoms with Gasteiger partial charge < -0.3 is 10.1 Å². The van der Waals surface area contributed by atoms with Crippen molar-refractivity contribution >= 4 is 40.2 Å². The molecule has 110 valence electrons. The maximum absolute atomic E-state index is 12.5. The molecule has 4 nitrogen and oxygen atoms in total. The molecule has 1 aliphatic rings. The van der Waals surface area contributed by atoms with E-state index in [9.17, 15) is 9.59 Å². The summed E-state index contributed by atoms with van der Waals surface area (Å²) in [5, 5.41) is 6.70. The molecule has 0 spiro atoms. The van der Waals surface area contributed by atoms with E-state index in [4.69, 9.17) is 4.74 Å². The molecule has 0 saturated carbocycles. The predicted octanol–water partition coefficient (Wildman–Crippen LogP) is 3.65. The Balaban J connectivity index is 1.80. The van der Waals surface area contributed by atoms with E-state index < -0.39 is 5.97 Å². The lowest BCUT2D eigenvalue weighted by Gasteiger charge is -2.21. The molecule has 1 atom stereocenters. The van der Waals surface area contributed by atoms with Crippen molar-refractivity contribution in [2.24, 2.45) is 0 Å². The molecule has 0 radical (unpaired) electrons. The van der Waals surface area contributed by atoms with Crippen LogP contribution in [-0.4, -0.2) is 19.0 Å². The highest BCUT2D eigenvalue weighted by Crippen LogP contribution is 2.36. The van der Waals surface area contributed by atoms with Crippen molar-refractivity contribution in [3.05, 3.63) is 38.2 Å². The van der Waals surface area contributed by atoms with Gasteiger partial charge in [0.2, 0.25) is 5.91 Å². The average molecular weight is 321 g/mol. The number of nitrogens with one attached hydrogen (secondary N) is 1. The summed E-state index contributed by atoms with van der Waals surface area (Å²) in [6, 6.07) is 3.78. The molecule has 1 N–H and O–H groups in total. The zero-order valence-electron chi connectivity index (χ0n) is 11.5. The number of methoxy groups -OCH3 is 1. The molecule has 3 rings (SSSR count). The summed E-state index contributed by atoms with van der Waals surface area (Å²) < 4.78 is 4.73. The third kappa shape index (κ3) is 2.73. The lowest BCUT2D eigenvalue weighted by Crippen LogP contribution is -2.24. The van der Waals surface area contributed by atoms with E-state index >= 15 is 0 Å². The Labute approximate surface area is 130 Å². The normalized spacial score (nSPS) is 17.1.